The van der Waals surface area contributed by atoms with Crippen LogP contribution in [0.15, 0.2) is 45.9 Å². The van der Waals surface area contributed by atoms with E-state index in [0.29, 0.717) is 31.5 Å². The molecule has 2 unspecified atom stereocenters. The standard InChI is InChI=1S/C22H34N4O3.HI/c1-6-23-21(26-14-20-24-13-19(29-20)22(3,4)5)25-12-18(27)15-28-16(2)17-10-8-7-9-11-17;/h7-11,13,16,18,27H,6,12,14-15H2,1-5H3,(H2,23,25,26);1H. The maximum absolute atomic E-state index is 10.2. The summed E-state index contributed by atoms with van der Waals surface area (Å²) in [6, 6.07) is 9.95. The lowest BCUT2D eigenvalue weighted by Crippen LogP contribution is -2.42. The highest BCUT2D eigenvalue weighted by atomic mass is 127. The molecule has 2 aromatic rings. The lowest BCUT2D eigenvalue weighted by molar-refractivity contribution is -0.000600. The summed E-state index contributed by atoms with van der Waals surface area (Å²) < 4.78 is 11.5. The Bertz CT molecular complexity index is 759. The molecule has 1 aromatic carbocycles. The van der Waals surface area contributed by atoms with Gasteiger partial charge in [0.2, 0.25) is 5.89 Å². The number of nitrogens with one attached hydrogen (secondary N) is 2. The van der Waals surface area contributed by atoms with Crippen molar-refractivity contribution >= 4 is 29.9 Å². The zero-order chi connectivity index (χ0) is 21.3. The highest BCUT2D eigenvalue weighted by molar-refractivity contribution is 14.0. The quantitative estimate of drug-likeness (QED) is 0.260. The van der Waals surface area contributed by atoms with Gasteiger partial charge < -0.3 is 24.9 Å². The number of hydrogen-bond donors (Lipinski definition) is 3. The molecule has 2 atom stereocenters. The summed E-state index contributed by atoms with van der Waals surface area (Å²) in [7, 11) is 0. The molecule has 0 saturated heterocycles. The van der Waals surface area contributed by atoms with Gasteiger partial charge in [0.1, 0.15) is 12.3 Å². The minimum atomic E-state index is -0.653. The van der Waals surface area contributed by atoms with E-state index in [1.54, 1.807) is 6.20 Å². The van der Waals surface area contributed by atoms with Gasteiger partial charge in [-0.1, -0.05) is 51.1 Å². The van der Waals surface area contributed by atoms with E-state index in [2.05, 4.69) is 41.4 Å². The summed E-state index contributed by atoms with van der Waals surface area (Å²) in [5.74, 6) is 1.99. The fourth-order valence-corrected chi connectivity index (χ4v) is 2.57. The van der Waals surface area contributed by atoms with Gasteiger partial charge >= 0.3 is 0 Å². The molecule has 0 aliphatic rings. The zero-order valence-corrected chi connectivity index (χ0v) is 20.8. The van der Waals surface area contributed by atoms with E-state index in [1.807, 2.05) is 44.2 Å². The lowest BCUT2D eigenvalue weighted by Gasteiger charge is -2.18. The predicted molar refractivity (Wildman–Crippen MR) is 130 cm³/mol. The molecule has 1 aromatic heterocycles. The largest absolute Gasteiger partial charge is 0.443 e. The number of rotatable bonds is 9. The molecule has 0 bridgehead atoms. The normalized spacial score (nSPS) is 14.0. The number of aliphatic imine (C=N–C) groups is 1. The highest BCUT2D eigenvalue weighted by Gasteiger charge is 2.19. The van der Waals surface area contributed by atoms with Crippen molar-refractivity contribution in [3.05, 3.63) is 53.7 Å². The van der Waals surface area contributed by atoms with Crippen molar-refractivity contribution in [2.75, 3.05) is 19.7 Å². The first-order valence-corrected chi connectivity index (χ1v) is 10.1. The number of aliphatic hydroxyl groups is 1. The van der Waals surface area contributed by atoms with E-state index in [1.165, 1.54) is 0 Å². The Balaban J connectivity index is 0.00000450. The molecule has 0 spiro atoms. The number of benzene rings is 1. The third-order valence-corrected chi connectivity index (χ3v) is 4.32. The van der Waals surface area contributed by atoms with Crippen LogP contribution in [0.5, 0.6) is 0 Å². The Morgan fingerprint density at radius 1 is 1.23 bits per heavy atom. The van der Waals surface area contributed by atoms with E-state index in [0.717, 1.165) is 11.3 Å². The predicted octanol–water partition coefficient (Wildman–Crippen LogP) is 3.78. The van der Waals surface area contributed by atoms with E-state index in [4.69, 9.17) is 9.15 Å². The second-order valence-corrected chi connectivity index (χ2v) is 7.98. The van der Waals surface area contributed by atoms with E-state index >= 15 is 0 Å². The lowest BCUT2D eigenvalue weighted by atomic mass is 9.94. The van der Waals surface area contributed by atoms with Crippen LogP contribution in [0.1, 0.15) is 57.9 Å². The van der Waals surface area contributed by atoms with Crippen LogP contribution in [0.3, 0.4) is 0 Å². The molecule has 0 radical (unpaired) electrons. The van der Waals surface area contributed by atoms with Gasteiger partial charge in [0.15, 0.2) is 5.96 Å². The molecule has 8 heteroatoms. The van der Waals surface area contributed by atoms with Crippen molar-refractivity contribution in [1.29, 1.82) is 0 Å². The van der Waals surface area contributed by atoms with Gasteiger partial charge in [0, 0.05) is 18.5 Å². The van der Waals surface area contributed by atoms with Crippen LogP contribution in [-0.2, 0) is 16.7 Å². The minimum Gasteiger partial charge on any atom is -0.443 e. The van der Waals surface area contributed by atoms with Gasteiger partial charge in [-0.2, -0.15) is 0 Å². The molecule has 168 valence electrons. The molecule has 30 heavy (non-hydrogen) atoms. The first-order chi connectivity index (χ1) is 13.8. The Morgan fingerprint density at radius 2 is 1.93 bits per heavy atom. The molecular formula is C22H35IN4O3. The summed E-state index contributed by atoms with van der Waals surface area (Å²) >= 11 is 0. The van der Waals surface area contributed by atoms with Crippen LogP contribution < -0.4 is 10.6 Å². The molecule has 0 amide bonds. The maximum atomic E-state index is 10.2. The Labute approximate surface area is 196 Å². The molecule has 0 fully saturated rings. The van der Waals surface area contributed by atoms with Crippen molar-refractivity contribution in [1.82, 2.24) is 15.6 Å². The van der Waals surface area contributed by atoms with Gasteiger partial charge in [-0.25, -0.2) is 9.98 Å². The molecule has 1 heterocycles. The Hall–Kier alpha value is -1.65. The third-order valence-electron chi connectivity index (χ3n) is 4.32. The average Bonchev–Trinajstić information content (AvgIpc) is 3.18. The molecule has 2 rings (SSSR count). The number of aliphatic hydroxyl groups excluding tert-OH is 1. The fraction of sp³-hybridized carbons (Fsp3) is 0.545. The Kier molecular flexibility index (Phi) is 11.4. The van der Waals surface area contributed by atoms with Gasteiger partial charge in [0.05, 0.1) is 25.0 Å². The average molecular weight is 530 g/mol. The topological polar surface area (TPSA) is 91.9 Å². The van der Waals surface area contributed by atoms with Crippen LogP contribution in [0.2, 0.25) is 0 Å². The number of oxazole rings is 1. The molecule has 0 aliphatic heterocycles. The number of nitrogens with zero attached hydrogens (tertiary/aromatic N) is 2. The smallest absolute Gasteiger partial charge is 0.216 e. The number of ether oxygens (including phenoxy) is 1. The number of guanidine groups is 1. The van der Waals surface area contributed by atoms with Crippen LogP contribution in [-0.4, -0.2) is 41.9 Å². The summed E-state index contributed by atoms with van der Waals surface area (Å²) in [5, 5.41) is 16.5. The van der Waals surface area contributed by atoms with Crippen molar-refractivity contribution in [2.24, 2.45) is 4.99 Å². The van der Waals surface area contributed by atoms with E-state index in [-0.39, 0.29) is 42.1 Å². The molecule has 0 saturated carbocycles. The molecule has 3 N–H and O–H groups in total. The summed E-state index contributed by atoms with van der Waals surface area (Å²) in [6.45, 7) is 11.8. The van der Waals surface area contributed by atoms with Crippen molar-refractivity contribution in [3.8, 4) is 0 Å². The molecule has 7 nitrogen and oxygen atoms in total. The molecular weight excluding hydrogens is 495 g/mol. The Morgan fingerprint density at radius 3 is 2.53 bits per heavy atom. The zero-order valence-electron chi connectivity index (χ0n) is 18.5. The van der Waals surface area contributed by atoms with E-state index < -0.39 is 6.10 Å². The van der Waals surface area contributed by atoms with Crippen LogP contribution in [0.4, 0.5) is 0 Å². The number of halogens is 1. The first-order valence-electron chi connectivity index (χ1n) is 10.1. The highest BCUT2D eigenvalue weighted by Crippen LogP contribution is 2.22. The first kappa shape index (κ1) is 26.4. The monoisotopic (exact) mass is 530 g/mol. The van der Waals surface area contributed by atoms with Gasteiger partial charge in [-0.15, -0.1) is 24.0 Å². The number of hydrogen-bond acceptors (Lipinski definition) is 5. The minimum absolute atomic E-state index is 0. The van der Waals surface area contributed by atoms with Crippen molar-refractivity contribution in [3.63, 3.8) is 0 Å². The summed E-state index contributed by atoms with van der Waals surface area (Å²) in [5.41, 5.74) is 1.00. The number of aromatic nitrogens is 1. The summed E-state index contributed by atoms with van der Waals surface area (Å²) in [4.78, 5) is 8.77. The third kappa shape index (κ3) is 9.01. The molecule has 0 aliphatic carbocycles. The van der Waals surface area contributed by atoms with Gasteiger partial charge in [-0.05, 0) is 19.4 Å². The van der Waals surface area contributed by atoms with Crippen molar-refractivity contribution < 1.29 is 14.3 Å². The second kappa shape index (κ2) is 12.9. The fourth-order valence-electron chi connectivity index (χ4n) is 2.57. The summed E-state index contributed by atoms with van der Waals surface area (Å²) in [6.07, 6.45) is 1.02. The van der Waals surface area contributed by atoms with E-state index in [9.17, 15) is 5.11 Å². The van der Waals surface area contributed by atoms with Gasteiger partial charge in [0.25, 0.3) is 0 Å². The van der Waals surface area contributed by atoms with Crippen LogP contribution in [0, 0.1) is 0 Å². The maximum Gasteiger partial charge on any atom is 0.216 e. The second-order valence-electron chi connectivity index (χ2n) is 7.98. The van der Waals surface area contributed by atoms with Crippen LogP contribution >= 0.6 is 24.0 Å². The van der Waals surface area contributed by atoms with Crippen LogP contribution in [0.25, 0.3) is 0 Å². The van der Waals surface area contributed by atoms with Crippen molar-refractivity contribution in [2.45, 2.75) is 58.8 Å². The van der Waals surface area contributed by atoms with Gasteiger partial charge in [-0.3, -0.25) is 0 Å². The SMILES string of the molecule is CCNC(=NCc1ncc(C(C)(C)C)o1)NCC(O)COC(C)c1ccccc1.I.